The highest BCUT2D eigenvalue weighted by atomic mass is 19.1. The Morgan fingerprint density at radius 2 is 2.22 bits per heavy atom. The molecular formula is C13H15FN2O2. The van der Waals surface area contributed by atoms with Crippen LogP contribution in [0.25, 0.3) is 0 Å². The van der Waals surface area contributed by atoms with E-state index in [-0.39, 0.29) is 12.0 Å². The van der Waals surface area contributed by atoms with Crippen molar-refractivity contribution in [3.05, 3.63) is 29.6 Å². The zero-order valence-corrected chi connectivity index (χ0v) is 10.3. The Morgan fingerprint density at radius 1 is 1.56 bits per heavy atom. The van der Waals surface area contributed by atoms with E-state index in [1.54, 1.807) is 12.1 Å². The van der Waals surface area contributed by atoms with Crippen molar-refractivity contribution in [2.24, 2.45) is 0 Å². The second-order valence-electron chi connectivity index (χ2n) is 4.68. The lowest BCUT2D eigenvalue weighted by molar-refractivity contribution is -0.137. The van der Waals surface area contributed by atoms with Gasteiger partial charge < -0.3 is 10.4 Å². The Balaban J connectivity index is 2.87. The number of rotatable bonds is 5. The van der Waals surface area contributed by atoms with Gasteiger partial charge in [-0.15, -0.1) is 0 Å². The maximum Gasteiger partial charge on any atom is 0.303 e. The van der Waals surface area contributed by atoms with E-state index >= 15 is 0 Å². The summed E-state index contributed by atoms with van der Waals surface area (Å²) < 4.78 is 13.4. The first-order chi connectivity index (χ1) is 8.35. The van der Waals surface area contributed by atoms with Crippen molar-refractivity contribution in [2.45, 2.75) is 32.2 Å². The molecule has 0 unspecified atom stereocenters. The number of carboxylic acids is 1. The van der Waals surface area contributed by atoms with Gasteiger partial charge in [0.2, 0.25) is 0 Å². The maximum atomic E-state index is 13.4. The molecule has 0 amide bonds. The number of benzene rings is 1. The highest BCUT2D eigenvalue weighted by Gasteiger charge is 2.21. The predicted molar refractivity (Wildman–Crippen MR) is 65.7 cm³/mol. The maximum absolute atomic E-state index is 13.4. The molecule has 18 heavy (non-hydrogen) atoms. The van der Waals surface area contributed by atoms with E-state index < -0.39 is 17.3 Å². The minimum absolute atomic E-state index is 0.0111. The molecule has 1 aromatic rings. The summed E-state index contributed by atoms with van der Waals surface area (Å²) in [5, 5.41) is 20.5. The van der Waals surface area contributed by atoms with Crippen LogP contribution in [0.5, 0.6) is 0 Å². The minimum atomic E-state index is -0.885. The summed E-state index contributed by atoms with van der Waals surface area (Å²) >= 11 is 0. The molecule has 0 aliphatic heterocycles. The normalized spacial score (nSPS) is 10.8. The standard InChI is InChI=1S/C13H15FN2O2/c1-13(2,7-6-12(17)18)16-11-5-3-4-10(14)9(11)8-15/h3-5,16H,6-7H2,1-2H3,(H,17,18). The number of carboxylic acid groups (broad SMARTS) is 1. The van der Waals surface area contributed by atoms with Gasteiger partial charge in [-0.2, -0.15) is 5.26 Å². The Hall–Kier alpha value is -2.09. The molecule has 0 aromatic heterocycles. The van der Waals surface area contributed by atoms with E-state index in [0.717, 1.165) is 0 Å². The number of nitriles is 1. The van der Waals surface area contributed by atoms with Gasteiger partial charge >= 0.3 is 5.97 Å². The molecule has 1 aromatic carbocycles. The van der Waals surface area contributed by atoms with Crippen molar-refractivity contribution in [3.8, 4) is 6.07 Å². The van der Waals surface area contributed by atoms with Crippen molar-refractivity contribution < 1.29 is 14.3 Å². The molecule has 0 bridgehead atoms. The van der Waals surface area contributed by atoms with Crippen LogP contribution in [0.15, 0.2) is 18.2 Å². The molecule has 0 saturated heterocycles. The summed E-state index contributed by atoms with van der Waals surface area (Å²) in [7, 11) is 0. The number of nitrogens with one attached hydrogen (secondary N) is 1. The van der Waals surface area contributed by atoms with Gasteiger partial charge in [-0.3, -0.25) is 4.79 Å². The summed E-state index contributed by atoms with van der Waals surface area (Å²) in [6.07, 6.45) is 0.390. The van der Waals surface area contributed by atoms with Crippen LogP contribution in [0.3, 0.4) is 0 Å². The molecule has 0 aliphatic carbocycles. The molecule has 1 rings (SSSR count). The van der Waals surface area contributed by atoms with Gasteiger partial charge in [0.25, 0.3) is 0 Å². The van der Waals surface area contributed by atoms with Crippen LogP contribution in [0.2, 0.25) is 0 Å². The molecule has 96 valence electrons. The van der Waals surface area contributed by atoms with Crippen molar-refractivity contribution in [3.63, 3.8) is 0 Å². The van der Waals surface area contributed by atoms with Gasteiger partial charge in [0, 0.05) is 12.0 Å². The second-order valence-corrected chi connectivity index (χ2v) is 4.68. The van der Waals surface area contributed by atoms with Crippen LogP contribution in [0.4, 0.5) is 10.1 Å². The van der Waals surface area contributed by atoms with Crippen molar-refractivity contribution in [1.29, 1.82) is 5.26 Å². The van der Waals surface area contributed by atoms with E-state index in [2.05, 4.69) is 5.32 Å². The van der Waals surface area contributed by atoms with Crippen molar-refractivity contribution in [2.75, 3.05) is 5.32 Å². The number of aliphatic carboxylic acids is 1. The third-order valence-corrected chi connectivity index (χ3v) is 2.56. The first-order valence-corrected chi connectivity index (χ1v) is 5.54. The SMILES string of the molecule is CC(C)(CCC(=O)O)Nc1cccc(F)c1C#N. The summed E-state index contributed by atoms with van der Waals surface area (Å²) in [6, 6.07) is 6.12. The van der Waals surface area contributed by atoms with E-state index in [4.69, 9.17) is 10.4 Å². The third kappa shape index (κ3) is 3.74. The van der Waals surface area contributed by atoms with Gasteiger partial charge in [-0.25, -0.2) is 4.39 Å². The van der Waals surface area contributed by atoms with Gasteiger partial charge in [0.05, 0.1) is 5.69 Å². The average molecular weight is 250 g/mol. The Kier molecular flexibility index (Phi) is 4.27. The minimum Gasteiger partial charge on any atom is -0.481 e. The number of nitrogens with zero attached hydrogens (tertiary/aromatic N) is 1. The molecule has 5 heteroatoms. The molecule has 0 heterocycles. The van der Waals surface area contributed by atoms with Crippen LogP contribution >= 0.6 is 0 Å². The summed E-state index contributed by atoms with van der Waals surface area (Å²) in [4.78, 5) is 10.5. The first-order valence-electron chi connectivity index (χ1n) is 5.54. The molecule has 0 atom stereocenters. The Morgan fingerprint density at radius 3 is 2.78 bits per heavy atom. The highest BCUT2D eigenvalue weighted by Crippen LogP contribution is 2.24. The number of carbonyl (C=O) groups is 1. The molecule has 0 fully saturated rings. The Bertz CT molecular complexity index is 492. The van der Waals surface area contributed by atoms with Crippen molar-refractivity contribution in [1.82, 2.24) is 0 Å². The zero-order chi connectivity index (χ0) is 13.8. The Labute approximate surface area is 105 Å². The fourth-order valence-corrected chi connectivity index (χ4v) is 1.59. The van der Waals surface area contributed by atoms with E-state index in [0.29, 0.717) is 12.1 Å². The van der Waals surface area contributed by atoms with E-state index in [1.165, 1.54) is 12.1 Å². The van der Waals surface area contributed by atoms with Gasteiger partial charge in [0.1, 0.15) is 17.4 Å². The van der Waals surface area contributed by atoms with Gasteiger partial charge in [-0.1, -0.05) is 6.07 Å². The molecule has 0 aliphatic rings. The molecule has 4 nitrogen and oxygen atoms in total. The quantitative estimate of drug-likeness (QED) is 0.842. The van der Waals surface area contributed by atoms with E-state index in [9.17, 15) is 9.18 Å². The van der Waals surface area contributed by atoms with Crippen molar-refractivity contribution >= 4 is 11.7 Å². The summed E-state index contributed by atoms with van der Waals surface area (Å²) in [5.41, 5.74) is -0.202. The van der Waals surface area contributed by atoms with Gasteiger partial charge in [-0.05, 0) is 32.4 Å². The van der Waals surface area contributed by atoms with Crippen LogP contribution in [0.1, 0.15) is 32.3 Å². The summed E-state index contributed by atoms with van der Waals surface area (Å²) in [6.45, 7) is 3.62. The lowest BCUT2D eigenvalue weighted by Gasteiger charge is -2.27. The number of halogens is 1. The molecular weight excluding hydrogens is 235 g/mol. The average Bonchev–Trinajstić information content (AvgIpc) is 2.26. The van der Waals surface area contributed by atoms with Crippen LogP contribution in [0, 0.1) is 17.1 Å². The zero-order valence-electron chi connectivity index (χ0n) is 10.3. The monoisotopic (exact) mass is 250 g/mol. The first kappa shape index (κ1) is 14.0. The molecule has 0 spiro atoms. The molecule has 0 saturated carbocycles. The lowest BCUT2D eigenvalue weighted by Crippen LogP contribution is -2.32. The second kappa shape index (κ2) is 5.50. The van der Waals surface area contributed by atoms with Crippen LogP contribution in [-0.4, -0.2) is 16.6 Å². The topological polar surface area (TPSA) is 73.1 Å². The number of hydrogen-bond acceptors (Lipinski definition) is 3. The largest absolute Gasteiger partial charge is 0.481 e. The molecule has 0 radical (unpaired) electrons. The smallest absolute Gasteiger partial charge is 0.303 e. The fraction of sp³-hybridized carbons (Fsp3) is 0.385. The highest BCUT2D eigenvalue weighted by molar-refractivity contribution is 5.67. The van der Waals surface area contributed by atoms with Crippen LogP contribution in [-0.2, 0) is 4.79 Å². The predicted octanol–water partition coefficient (Wildman–Crippen LogP) is 2.75. The molecule has 2 N–H and O–H groups in total. The summed E-state index contributed by atoms with van der Waals surface area (Å²) in [5.74, 6) is -1.47. The van der Waals surface area contributed by atoms with E-state index in [1.807, 2.05) is 13.8 Å². The third-order valence-electron chi connectivity index (χ3n) is 2.56. The number of anilines is 1. The van der Waals surface area contributed by atoms with Gasteiger partial charge in [0.15, 0.2) is 0 Å². The number of hydrogen-bond donors (Lipinski definition) is 2. The lowest BCUT2D eigenvalue weighted by atomic mass is 9.97. The van der Waals surface area contributed by atoms with Crippen LogP contribution < -0.4 is 5.32 Å². The fourth-order valence-electron chi connectivity index (χ4n) is 1.59.